The SMILES string of the molecule is CC1CN(C)CCCN1CCO. The van der Waals surface area contributed by atoms with Gasteiger partial charge in [-0.3, -0.25) is 4.90 Å². The maximum absolute atomic E-state index is 8.84. The normalized spacial score (nSPS) is 28.8. The molecule has 1 rings (SSSR count). The van der Waals surface area contributed by atoms with Crippen LogP contribution in [0.1, 0.15) is 13.3 Å². The molecule has 3 nitrogen and oxygen atoms in total. The minimum Gasteiger partial charge on any atom is -0.395 e. The first-order chi connectivity index (χ1) is 5.74. The fraction of sp³-hybridized carbons (Fsp3) is 1.00. The van der Waals surface area contributed by atoms with Crippen molar-refractivity contribution in [1.82, 2.24) is 9.80 Å². The molecule has 1 fully saturated rings. The fourth-order valence-electron chi connectivity index (χ4n) is 1.88. The summed E-state index contributed by atoms with van der Waals surface area (Å²) < 4.78 is 0. The average molecular weight is 172 g/mol. The standard InChI is InChI=1S/C9H20N2O/c1-9-8-10(2)4-3-5-11(9)6-7-12/h9,12H,3-8H2,1-2H3. The maximum atomic E-state index is 8.84. The topological polar surface area (TPSA) is 26.7 Å². The van der Waals surface area contributed by atoms with Crippen molar-refractivity contribution in [2.75, 3.05) is 39.8 Å². The number of likely N-dealkylation sites (N-methyl/N-ethyl adjacent to an activating group) is 1. The van der Waals surface area contributed by atoms with Crippen LogP contribution in [0.4, 0.5) is 0 Å². The van der Waals surface area contributed by atoms with Crippen LogP contribution in [0.3, 0.4) is 0 Å². The molecule has 12 heavy (non-hydrogen) atoms. The van der Waals surface area contributed by atoms with Crippen LogP contribution in [0, 0.1) is 0 Å². The second-order valence-electron chi connectivity index (χ2n) is 3.72. The molecule has 1 unspecified atom stereocenters. The van der Waals surface area contributed by atoms with Gasteiger partial charge in [-0.15, -0.1) is 0 Å². The van der Waals surface area contributed by atoms with Crippen molar-refractivity contribution in [2.45, 2.75) is 19.4 Å². The Labute approximate surface area is 75.0 Å². The van der Waals surface area contributed by atoms with Crippen LogP contribution in [0.5, 0.6) is 0 Å². The first kappa shape index (κ1) is 9.96. The molecule has 1 N–H and O–H groups in total. The smallest absolute Gasteiger partial charge is 0.0558 e. The predicted molar refractivity (Wildman–Crippen MR) is 50.2 cm³/mol. The van der Waals surface area contributed by atoms with Gasteiger partial charge in [-0.1, -0.05) is 0 Å². The Hall–Kier alpha value is -0.120. The Bertz CT molecular complexity index is 130. The van der Waals surface area contributed by atoms with Crippen molar-refractivity contribution in [3.8, 4) is 0 Å². The zero-order valence-corrected chi connectivity index (χ0v) is 8.16. The highest BCUT2D eigenvalue weighted by molar-refractivity contribution is 4.74. The van der Waals surface area contributed by atoms with Crippen LogP contribution < -0.4 is 0 Å². The molecule has 1 aliphatic heterocycles. The average Bonchev–Trinajstić information content (AvgIpc) is 2.15. The van der Waals surface area contributed by atoms with Gasteiger partial charge < -0.3 is 10.0 Å². The summed E-state index contributed by atoms with van der Waals surface area (Å²) in [5.41, 5.74) is 0. The van der Waals surface area contributed by atoms with Crippen molar-refractivity contribution < 1.29 is 5.11 Å². The fourth-order valence-corrected chi connectivity index (χ4v) is 1.88. The number of nitrogens with zero attached hydrogens (tertiary/aromatic N) is 2. The van der Waals surface area contributed by atoms with Crippen LogP contribution in [0.25, 0.3) is 0 Å². The van der Waals surface area contributed by atoms with E-state index in [1.807, 2.05) is 0 Å². The molecule has 1 heterocycles. The number of aliphatic hydroxyl groups excluding tert-OH is 1. The van der Waals surface area contributed by atoms with E-state index in [0.717, 1.165) is 19.6 Å². The van der Waals surface area contributed by atoms with Gasteiger partial charge >= 0.3 is 0 Å². The van der Waals surface area contributed by atoms with Crippen molar-refractivity contribution in [3.05, 3.63) is 0 Å². The zero-order chi connectivity index (χ0) is 8.97. The van der Waals surface area contributed by atoms with E-state index in [2.05, 4.69) is 23.8 Å². The number of β-amino-alcohol motifs (C(OH)–C–C–N with tert-alkyl or cyclic N) is 1. The van der Waals surface area contributed by atoms with Gasteiger partial charge in [-0.25, -0.2) is 0 Å². The highest BCUT2D eigenvalue weighted by Crippen LogP contribution is 2.07. The van der Waals surface area contributed by atoms with Gasteiger partial charge in [0, 0.05) is 19.1 Å². The van der Waals surface area contributed by atoms with Gasteiger partial charge in [-0.2, -0.15) is 0 Å². The largest absolute Gasteiger partial charge is 0.395 e. The van der Waals surface area contributed by atoms with Gasteiger partial charge in [-0.05, 0) is 33.5 Å². The third-order valence-corrected chi connectivity index (χ3v) is 2.57. The number of hydrogen-bond donors (Lipinski definition) is 1. The highest BCUT2D eigenvalue weighted by atomic mass is 16.3. The summed E-state index contributed by atoms with van der Waals surface area (Å²) in [6, 6.07) is 0.588. The first-order valence-electron chi connectivity index (χ1n) is 4.77. The Balaban J connectivity index is 2.40. The van der Waals surface area contributed by atoms with Crippen LogP contribution in [0.15, 0.2) is 0 Å². The third kappa shape index (κ3) is 2.73. The predicted octanol–water partition coefficient (Wildman–Crippen LogP) is 0.00470. The van der Waals surface area contributed by atoms with Crippen LogP contribution in [0.2, 0.25) is 0 Å². The molecule has 1 atom stereocenters. The van der Waals surface area contributed by atoms with Gasteiger partial charge in [0.05, 0.1) is 6.61 Å². The summed E-state index contributed by atoms with van der Waals surface area (Å²) in [4.78, 5) is 4.73. The molecule has 0 aromatic heterocycles. The molecular formula is C9H20N2O. The Morgan fingerprint density at radius 1 is 1.42 bits per heavy atom. The molecule has 0 aromatic rings. The molecule has 0 saturated carbocycles. The molecule has 0 amide bonds. The minimum atomic E-state index is 0.286. The van der Waals surface area contributed by atoms with E-state index in [4.69, 9.17) is 5.11 Å². The number of hydrogen-bond acceptors (Lipinski definition) is 3. The third-order valence-electron chi connectivity index (χ3n) is 2.57. The quantitative estimate of drug-likeness (QED) is 0.635. The van der Waals surface area contributed by atoms with Gasteiger partial charge in [0.15, 0.2) is 0 Å². The van der Waals surface area contributed by atoms with Gasteiger partial charge in [0.2, 0.25) is 0 Å². The molecule has 0 aromatic carbocycles. The Morgan fingerprint density at radius 3 is 2.83 bits per heavy atom. The van der Waals surface area contributed by atoms with Crippen molar-refractivity contribution in [3.63, 3.8) is 0 Å². The van der Waals surface area contributed by atoms with Gasteiger partial charge in [0.1, 0.15) is 0 Å². The molecule has 72 valence electrons. The summed E-state index contributed by atoms with van der Waals surface area (Å²) >= 11 is 0. The van der Waals surface area contributed by atoms with E-state index < -0.39 is 0 Å². The second kappa shape index (κ2) is 4.80. The molecule has 1 aliphatic rings. The van der Waals surface area contributed by atoms with E-state index in [-0.39, 0.29) is 6.61 Å². The van der Waals surface area contributed by atoms with Crippen molar-refractivity contribution >= 4 is 0 Å². The van der Waals surface area contributed by atoms with Crippen LogP contribution in [-0.2, 0) is 0 Å². The molecular weight excluding hydrogens is 152 g/mol. The van der Waals surface area contributed by atoms with E-state index >= 15 is 0 Å². The number of rotatable bonds is 2. The maximum Gasteiger partial charge on any atom is 0.0558 e. The van der Waals surface area contributed by atoms with E-state index in [1.165, 1.54) is 13.0 Å². The van der Waals surface area contributed by atoms with Crippen LogP contribution >= 0.6 is 0 Å². The monoisotopic (exact) mass is 172 g/mol. The van der Waals surface area contributed by atoms with Crippen molar-refractivity contribution in [1.29, 1.82) is 0 Å². The molecule has 0 radical (unpaired) electrons. The summed E-state index contributed by atoms with van der Waals surface area (Å²) in [7, 11) is 2.17. The Kier molecular flexibility index (Phi) is 3.98. The van der Waals surface area contributed by atoms with Crippen LogP contribution in [-0.4, -0.2) is 60.8 Å². The summed E-state index contributed by atoms with van der Waals surface area (Å²) in [6.45, 7) is 6.79. The first-order valence-corrected chi connectivity index (χ1v) is 4.77. The lowest BCUT2D eigenvalue weighted by atomic mass is 10.3. The lowest BCUT2D eigenvalue weighted by Crippen LogP contribution is -2.39. The molecule has 0 bridgehead atoms. The molecule has 1 saturated heterocycles. The second-order valence-corrected chi connectivity index (χ2v) is 3.72. The summed E-state index contributed by atoms with van der Waals surface area (Å²) in [5.74, 6) is 0. The number of aliphatic hydroxyl groups is 1. The van der Waals surface area contributed by atoms with Gasteiger partial charge in [0.25, 0.3) is 0 Å². The lowest BCUT2D eigenvalue weighted by Gasteiger charge is -2.26. The summed E-state index contributed by atoms with van der Waals surface area (Å²) in [5, 5.41) is 8.84. The van der Waals surface area contributed by atoms with E-state index in [9.17, 15) is 0 Å². The van der Waals surface area contributed by atoms with Crippen molar-refractivity contribution in [2.24, 2.45) is 0 Å². The lowest BCUT2D eigenvalue weighted by molar-refractivity contribution is 0.157. The molecule has 0 aliphatic carbocycles. The Morgan fingerprint density at radius 2 is 2.17 bits per heavy atom. The minimum absolute atomic E-state index is 0.286. The zero-order valence-electron chi connectivity index (χ0n) is 8.16. The molecule has 3 heteroatoms. The molecule has 0 spiro atoms. The summed E-state index contributed by atoms with van der Waals surface area (Å²) in [6.07, 6.45) is 1.22. The highest BCUT2D eigenvalue weighted by Gasteiger charge is 2.18. The van der Waals surface area contributed by atoms with E-state index in [1.54, 1.807) is 0 Å². The van der Waals surface area contributed by atoms with E-state index in [0.29, 0.717) is 6.04 Å².